The molecule has 0 saturated heterocycles. The van der Waals surface area contributed by atoms with E-state index in [0.29, 0.717) is 5.56 Å². The Morgan fingerprint density at radius 2 is 1.59 bits per heavy atom. The lowest BCUT2D eigenvalue weighted by Gasteiger charge is -2.20. The first-order valence-corrected chi connectivity index (χ1v) is 11.3. The first-order chi connectivity index (χ1) is 12.7. The van der Waals surface area contributed by atoms with E-state index < -0.39 is 35.6 Å². The third-order valence-corrected chi connectivity index (χ3v) is 7.22. The molecule has 0 bridgehead atoms. The summed E-state index contributed by atoms with van der Waals surface area (Å²) in [5.74, 6) is -0.621. The molecule has 0 heterocycles. The standard InChI is InChI=1S/C18H22NO6PS/c1-14-9-11-16(12-10-14)27(22,23)19-18(15-7-5-4-6-8-15)17(20)13-26(21,24-2)25-3/h4-12,18-19H,13H2,1-3H3/t18-/m0/s1. The number of hydrogen-bond acceptors (Lipinski definition) is 6. The van der Waals surface area contributed by atoms with Crippen molar-refractivity contribution >= 4 is 23.4 Å². The number of carbonyl (C=O) groups excluding carboxylic acids is 1. The molecule has 2 aromatic rings. The van der Waals surface area contributed by atoms with Crippen molar-refractivity contribution in [2.24, 2.45) is 0 Å². The van der Waals surface area contributed by atoms with Gasteiger partial charge in [0.1, 0.15) is 12.2 Å². The van der Waals surface area contributed by atoms with E-state index in [1.807, 2.05) is 6.92 Å². The number of benzene rings is 2. The number of hydrogen-bond donors (Lipinski definition) is 1. The Kier molecular flexibility index (Phi) is 7.08. The van der Waals surface area contributed by atoms with Gasteiger partial charge in [-0.25, -0.2) is 8.42 Å². The van der Waals surface area contributed by atoms with Crippen molar-refractivity contribution in [1.29, 1.82) is 0 Å². The number of rotatable bonds is 9. The van der Waals surface area contributed by atoms with Crippen molar-refractivity contribution < 1.29 is 26.8 Å². The highest BCUT2D eigenvalue weighted by Gasteiger charge is 2.33. The molecule has 0 aromatic heterocycles. The third kappa shape index (κ3) is 5.57. The molecule has 0 unspecified atom stereocenters. The van der Waals surface area contributed by atoms with Gasteiger partial charge in [0.25, 0.3) is 0 Å². The summed E-state index contributed by atoms with van der Waals surface area (Å²) < 4.78 is 49.8. The van der Waals surface area contributed by atoms with Crippen molar-refractivity contribution in [2.45, 2.75) is 17.9 Å². The van der Waals surface area contributed by atoms with Gasteiger partial charge in [0.15, 0.2) is 5.78 Å². The van der Waals surface area contributed by atoms with Gasteiger partial charge in [0.05, 0.1) is 4.90 Å². The van der Waals surface area contributed by atoms with Crippen molar-refractivity contribution in [3.63, 3.8) is 0 Å². The molecule has 1 N–H and O–H groups in total. The summed E-state index contributed by atoms with van der Waals surface area (Å²) in [6.45, 7) is 1.84. The molecule has 0 amide bonds. The van der Waals surface area contributed by atoms with Crippen LogP contribution < -0.4 is 4.72 Å². The van der Waals surface area contributed by atoms with Crippen LogP contribution >= 0.6 is 7.60 Å². The predicted molar refractivity (Wildman–Crippen MR) is 102 cm³/mol. The molecular weight excluding hydrogens is 389 g/mol. The Hall–Kier alpha value is -1.83. The van der Waals surface area contributed by atoms with Crippen LogP contribution in [0.25, 0.3) is 0 Å². The van der Waals surface area contributed by atoms with E-state index in [2.05, 4.69) is 4.72 Å². The molecule has 0 spiro atoms. The van der Waals surface area contributed by atoms with Crippen molar-refractivity contribution in [3.05, 3.63) is 65.7 Å². The molecule has 0 aliphatic rings. The summed E-state index contributed by atoms with van der Waals surface area (Å²) in [4.78, 5) is 12.8. The number of ketones is 1. The second-order valence-electron chi connectivity index (χ2n) is 5.88. The number of carbonyl (C=O) groups is 1. The average Bonchev–Trinajstić information content (AvgIpc) is 2.67. The Morgan fingerprint density at radius 3 is 2.11 bits per heavy atom. The van der Waals surface area contributed by atoms with E-state index >= 15 is 0 Å². The summed E-state index contributed by atoms with van der Waals surface area (Å²) in [5.41, 5.74) is 1.34. The minimum atomic E-state index is -3.98. The Balaban J connectivity index is 2.37. The lowest BCUT2D eigenvalue weighted by molar-refractivity contribution is -0.118. The number of aryl methyl sites for hydroxylation is 1. The molecule has 0 aliphatic carbocycles. The molecule has 0 radical (unpaired) electrons. The van der Waals surface area contributed by atoms with Gasteiger partial charge in [-0.05, 0) is 24.6 Å². The lowest BCUT2D eigenvalue weighted by Crippen LogP contribution is -2.35. The van der Waals surface area contributed by atoms with Crippen molar-refractivity contribution in [2.75, 3.05) is 20.4 Å². The van der Waals surface area contributed by atoms with Crippen LogP contribution in [0, 0.1) is 6.92 Å². The predicted octanol–water partition coefficient (Wildman–Crippen LogP) is 3.07. The Labute approximate surface area is 159 Å². The normalized spacial score (nSPS) is 13.3. The van der Waals surface area contributed by atoms with Gasteiger partial charge in [-0.1, -0.05) is 48.0 Å². The highest BCUT2D eigenvalue weighted by Crippen LogP contribution is 2.47. The first kappa shape index (κ1) is 21.5. The summed E-state index contributed by atoms with van der Waals surface area (Å²) in [7, 11) is -5.28. The van der Waals surface area contributed by atoms with Crippen molar-refractivity contribution in [3.8, 4) is 0 Å². The quantitative estimate of drug-likeness (QED) is 0.637. The summed E-state index contributed by atoms with van der Waals surface area (Å²) in [5, 5.41) is 0. The fraction of sp³-hybridized carbons (Fsp3) is 0.278. The third-order valence-electron chi connectivity index (χ3n) is 3.96. The maximum absolute atomic E-state index is 12.8. The zero-order chi connectivity index (χ0) is 20.1. The number of nitrogens with one attached hydrogen (secondary N) is 1. The van der Waals surface area contributed by atoms with E-state index in [1.165, 1.54) is 26.4 Å². The SMILES string of the molecule is COP(=O)(CC(=O)[C@@H](NS(=O)(=O)c1ccc(C)cc1)c1ccccc1)OC. The Morgan fingerprint density at radius 1 is 1.04 bits per heavy atom. The first-order valence-electron chi connectivity index (χ1n) is 8.08. The van der Waals surface area contributed by atoms with E-state index in [0.717, 1.165) is 5.56 Å². The summed E-state index contributed by atoms with van der Waals surface area (Å²) in [6.07, 6.45) is -0.560. The molecule has 1 atom stereocenters. The zero-order valence-corrected chi connectivity index (χ0v) is 17.0. The van der Waals surface area contributed by atoms with Gasteiger partial charge >= 0.3 is 7.60 Å². The van der Waals surface area contributed by atoms with Crippen LogP contribution in [0.3, 0.4) is 0 Å². The molecule has 2 aromatic carbocycles. The smallest absolute Gasteiger partial charge is 0.312 e. The molecule has 9 heteroatoms. The monoisotopic (exact) mass is 411 g/mol. The Bertz CT molecular complexity index is 920. The largest absolute Gasteiger partial charge is 0.337 e. The van der Waals surface area contributed by atoms with Crippen LogP contribution in [0.5, 0.6) is 0 Å². The fourth-order valence-electron chi connectivity index (χ4n) is 2.39. The van der Waals surface area contributed by atoms with Crippen LogP contribution in [-0.2, 0) is 28.4 Å². The second-order valence-corrected chi connectivity index (χ2v) is 9.86. The summed E-state index contributed by atoms with van der Waals surface area (Å²) >= 11 is 0. The van der Waals surface area contributed by atoms with Crippen LogP contribution in [0.15, 0.2) is 59.5 Å². The van der Waals surface area contributed by atoms with Crippen LogP contribution in [0.4, 0.5) is 0 Å². The highest BCUT2D eigenvalue weighted by molar-refractivity contribution is 7.89. The van der Waals surface area contributed by atoms with E-state index in [-0.39, 0.29) is 4.90 Å². The van der Waals surface area contributed by atoms with Gasteiger partial charge in [-0.15, -0.1) is 0 Å². The van der Waals surface area contributed by atoms with Gasteiger partial charge in [0.2, 0.25) is 10.0 Å². The van der Waals surface area contributed by atoms with E-state index in [9.17, 15) is 17.8 Å². The molecule has 2 rings (SSSR count). The van der Waals surface area contributed by atoms with Gasteiger partial charge in [0, 0.05) is 14.2 Å². The van der Waals surface area contributed by atoms with Crippen LogP contribution in [0.2, 0.25) is 0 Å². The second kappa shape index (κ2) is 8.91. The highest BCUT2D eigenvalue weighted by atomic mass is 32.2. The molecule has 0 saturated carbocycles. The zero-order valence-electron chi connectivity index (χ0n) is 15.3. The van der Waals surface area contributed by atoms with Crippen LogP contribution in [0.1, 0.15) is 17.2 Å². The number of sulfonamides is 1. The van der Waals surface area contributed by atoms with Crippen LogP contribution in [-0.4, -0.2) is 34.6 Å². The molecular formula is C18H22NO6PS. The molecule has 7 nitrogen and oxygen atoms in total. The fourth-order valence-corrected chi connectivity index (χ4v) is 4.57. The summed E-state index contributed by atoms with van der Waals surface area (Å²) in [6, 6.07) is 13.4. The molecule has 0 fully saturated rings. The molecule has 0 aliphatic heterocycles. The van der Waals surface area contributed by atoms with E-state index in [4.69, 9.17) is 9.05 Å². The average molecular weight is 411 g/mol. The van der Waals surface area contributed by atoms with Crippen molar-refractivity contribution in [1.82, 2.24) is 4.72 Å². The van der Waals surface area contributed by atoms with Gasteiger partial charge in [-0.3, -0.25) is 9.36 Å². The minimum Gasteiger partial charge on any atom is -0.312 e. The lowest BCUT2D eigenvalue weighted by atomic mass is 10.1. The van der Waals surface area contributed by atoms with Gasteiger partial charge < -0.3 is 9.05 Å². The topological polar surface area (TPSA) is 98.8 Å². The number of Topliss-reactive ketones (excluding diaryl/α,β-unsaturated/α-hetero) is 1. The minimum absolute atomic E-state index is 0.0310. The van der Waals surface area contributed by atoms with E-state index in [1.54, 1.807) is 42.5 Å². The maximum atomic E-state index is 12.8. The van der Waals surface area contributed by atoms with Gasteiger partial charge in [-0.2, -0.15) is 4.72 Å². The molecule has 146 valence electrons. The maximum Gasteiger partial charge on any atom is 0.337 e. The molecule has 27 heavy (non-hydrogen) atoms.